The van der Waals surface area contributed by atoms with Crippen molar-refractivity contribution in [2.24, 2.45) is 11.7 Å². The number of para-hydroxylation sites is 1. The van der Waals surface area contributed by atoms with Crippen LogP contribution in [0, 0.1) is 5.92 Å². The molecule has 5 amide bonds. The molecule has 2 atom stereocenters. The quantitative estimate of drug-likeness (QED) is 0.566. The van der Waals surface area contributed by atoms with Crippen LogP contribution >= 0.6 is 0 Å². The molecule has 0 spiro atoms. The van der Waals surface area contributed by atoms with Crippen LogP contribution in [0.2, 0.25) is 0 Å². The lowest BCUT2D eigenvalue weighted by Gasteiger charge is -2.22. The molecule has 0 unspecified atom stereocenters. The lowest BCUT2D eigenvalue weighted by atomic mass is 10.0. The van der Waals surface area contributed by atoms with Crippen molar-refractivity contribution < 1.29 is 23.9 Å². The second-order valence-corrected chi connectivity index (χ2v) is 5.62. The molecule has 9 nitrogen and oxygen atoms in total. The topological polar surface area (TPSA) is 140 Å². The Morgan fingerprint density at radius 1 is 1.04 bits per heavy atom. The van der Waals surface area contributed by atoms with E-state index in [1.807, 2.05) is 5.32 Å². The third kappa shape index (κ3) is 6.90. The second kappa shape index (κ2) is 9.26. The predicted molar refractivity (Wildman–Crippen MR) is 90.5 cm³/mol. The van der Waals surface area contributed by atoms with Gasteiger partial charge in [-0.3, -0.25) is 10.1 Å². The minimum atomic E-state index is -1.24. The van der Waals surface area contributed by atoms with E-state index in [4.69, 9.17) is 10.5 Å². The van der Waals surface area contributed by atoms with E-state index >= 15 is 0 Å². The number of hydrogen-bond acceptors (Lipinski definition) is 5. The fraction of sp³-hybridized carbons (Fsp3) is 0.375. The first-order valence-corrected chi connectivity index (χ1v) is 7.64. The highest BCUT2D eigenvalue weighted by molar-refractivity contribution is 5.97. The van der Waals surface area contributed by atoms with Gasteiger partial charge in [0.25, 0.3) is 5.91 Å². The van der Waals surface area contributed by atoms with E-state index in [-0.39, 0.29) is 5.92 Å². The first kappa shape index (κ1) is 19.9. The number of carbonyl (C=O) groups excluding carboxylic acids is 4. The van der Waals surface area contributed by atoms with Crippen LogP contribution in [0.15, 0.2) is 30.3 Å². The highest BCUT2D eigenvalue weighted by Gasteiger charge is 2.29. The van der Waals surface area contributed by atoms with Gasteiger partial charge in [-0.05, 0) is 25.0 Å². The molecule has 136 valence electrons. The normalized spacial score (nSPS) is 12.6. The lowest BCUT2D eigenvalue weighted by molar-refractivity contribution is -0.157. The largest absolute Gasteiger partial charge is 0.451 e. The number of anilines is 1. The summed E-state index contributed by atoms with van der Waals surface area (Å²) < 4.78 is 4.99. The summed E-state index contributed by atoms with van der Waals surface area (Å²) in [4.78, 5) is 46.4. The molecule has 0 aliphatic heterocycles. The van der Waals surface area contributed by atoms with Crippen LogP contribution in [0.4, 0.5) is 15.3 Å². The fourth-order valence-electron chi connectivity index (χ4n) is 1.85. The van der Waals surface area contributed by atoms with Crippen LogP contribution in [0.1, 0.15) is 20.8 Å². The van der Waals surface area contributed by atoms with Gasteiger partial charge < -0.3 is 21.1 Å². The van der Waals surface area contributed by atoms with Gasteiger partial charge in [0.15, 0.2) is 6.10 Å². The van der Waals surface area contributed by atoms with Crippen molar-refractivity contribution in [2.45, 2.75) is 32.9 Å². The number of hydrogen-bond donors (Lipinski definition) is 4. The van der Waals surface area contributed by atoms with E-state index in [0.717, 1.165) is 0 Å². The van der Waals surface area contributed by atoms with Crippen LogP contribution in [0.5, 0.6) is 0 Å². The summed E-state index contributed by atoms with van der Waals surface area (Å²) in [6.07, 6.45) is -1.24. The average molecular weight is 350 g/mol. The molecule has 0 aromatic heterocycles. The van der Waals surface area contributed by atoms with Gasteiger partial charge in [0.1, 0.15) is 6.04 Å². The number of imide groups is 1. The van der Waals surface area contributed by atoms with Gasteiger partial charge in [0.2, 0.25) is 0 Å². The number of esters is 1. The monoisotopic (exact) mass is 350 g/mol. The second-order valence-electron chi connectivity index (χ2n) is 5.62. The number of nitrogens with one attached hydrogen (secondary N) is 3. The van der Waals surface area contributed by atoms with Crippen LogP contribution < -0.4 is 21.7 Å². The summed E-state index contributed by atoms with van der Waals surface area (Å²) in [7, 11) is 0. The van der Waals surface area contributed by atoms with Gasteiger partial charge in [0, 0.05) is 5.69 Å². The third-order valence-electron chi connectivity index (χ3n) is 3.15. The van der Waals surface area contributed by atoms with E-state index < -0.39 is 36.1 Å². The molecular weight excluding hydrogens is 328 g/mol. The zero-order valence-electron chi connectivity index (χ0n) is 14.2. The molecule has 0 bridgehead atoms. The summed E-state index contributed by atoms with van der Waals surface area (Å²) in [5, 5.41) is 6.90. The number of carbonyl (C=O) groups is 4. The Hall–Kier alpha value is -3.10. The van der Waals surface area contributed by atoms with Gasteiger partial charge in [-0.15, -0.1) is 0 Å². The number of urea groups is 2. The molecular formula is C16H22N4O5. The van der Waals surface area contributed by atoms with E-state index in [2.05, 4.69) is 10.6 Å². The minimum absolute atomic E-state index is 0.291. The Kier molecular flexibility index (Phi) is 7.39. The van der Waals surface area contributed by atoms with Crippen LogP contribution in [-0.4, -0.2) is 36.1 Å². The summed E-state index contributed by atoms with van der Waals surface area (Å²) in [5.74, 6) is -1.94. The van der Waals surface area contributed by atoms with Gasteiger partial charge in [0.05, 0.1) is 0 Å². The number of benzene rings is 1. The highest BCUT2D eigenvalue weighted by atomic mass is 16.5. The van der Waals surface area contributed by atoms with E-state index in [1.54, 1.807) is 44.2 Å². The Balaban J connectivity index is 2.65. The molecule has 5 N–H and O–H groups in total. The molecule has 0 saturated carbocycles. The lowest BCUT2D eigenvalue weighted by Crippen LogP contribution is -2.49. The molecule has 0 saturated heterocycles. The van der Waals surface area contributed by atoms with Crippen LogP contribution in [-0.2, 0) is 14.3 Å². The van der Waals surface area contributed by atoms with Crippen molar-refractivity contribution in [1.82, 2.24) is 10.6 Å². The van der Waals surface area contributed by atoms with Gasteiger partial charge >= 0.3 is 18.0 Å². The number of ether oxygens (including phenoxy) is 1. The maximum atomic E-state index is 12.2. The zero-order chi connectivity index (χ0) is 19.0. The molecule has 1 rings (SSSR count). The number of nitrogens with two attached hydrogens (primary N) is 1. The number of rotatable bonds is 6. The van der Waals surface area contributed by atoms with E-state index in [1.165, 1.54) is 6.92 Å². The maximum absolute atomic E-state index is 12.2. The van der Waals surface area contributed by atoms with Gasteiger partial charge in [-0.1, -0.05) is 32.0 Å². The molecule has 1 aromatic rings. The Bertz CT molecular complexity index is 633. The van der Waals surface area contributed by atoms with E-state index in [9.17, 15) is 19.2 Å². The smallest absolute Gasteiger partial charge is 0.329 e. The summed E-state index contributed by atoms with van der Waals surface area (Å²) in [5.41, 5.74) is 5.39. The van der Waals surface area contributed by atoms with E-state index in [0.29, 0.717) is 5.69 Å². The predicted octanol–water partition coefficient (Wildman–Crippen LogP) is 0.959. The zero-order valence-corrected chi connectivity index (χ0v) is 14.2. The Labute approximate surface area is 145 Å². The maximum Gasteiger partial charge on any atom is 0.329 e. The highest BCUT2D eigenvalue weighted by Crippen LogP contribution is 2.08. The standard InChI is InChI=1S/C16H22N4O5/c1-9(2)12(14(22)25-10(3)13(21)20-15(17)23)19-16(24)18-11-7-5-4-6-8-11/h4-10,12H,1-3H3,(H2,18,19,24)(H3,17,20,21,23)/t10-,12-/m1/s1. The summed E-state index contributed by atoms with van der Waals surface area (Å²) in [6.45, 7) is 4.71. The van der Waals surface area contributed by atoms with Crippen molar-refractivity contribution in [1.29, 1.82) is 0 Å². The molecule has 1 aromatic carbocycles. The third-order valence-corrected chi connectivity index (χ3v) is 3.15. The first-order chi connectivity index (χ1) is 11.7. The molecule has 0 heterocycles. The first-order valence-electron chi connectivity index (χ1n) is 7.64. The number of primary amides is 1. The van der Waals surface area contributed by atoms with Crippen LogP contribution in [0.3, 0.4) is 0 Å². The van der Waals surface area contributed by atoms with Crippen molar-refractivity contribution in [3.8, 4) is 0 Å². The van der Waals surface area contributed by atoms with Gasteiger partial charge in [-0.25, -0.2) is 14.4 Å². The molecule has 0 aliphatic carbocycles. The van der Waals surface area contributed by atoms with Crippen molar-refractivity contribution in [3.05, 3.63) is 30.3 Å². The molecule has 0 fully saturated rings. The SMILES string of the molecule is CC(C)[C@@H](NC(=O)Nc1ccccc1)C(=O)O[C@H](C)C(=O)NC(N)=O. The molecule has 9 heteroatoms. The Morgan fingerprint density at radius 2 is 1.64 bits per heavy atom. The molecule has 0 aliphatic rings. The number of amides is 5. The van der Waals surface area contributed by atoms with Crippen molar-refractivity contribution in [3.63, 3.8) is 0 Å². The minimum Gasteiger partial charge on any atom is -0.451 e. The molecule has 0 radical (unpaired) electrons. The fourth-order valence-corrected chi connectivity index (χ4v) is 1.85. The van der Waals surface area contributed by atoms with Crippen LogP contribution in [0.25, 0.3) is 0 Å². The summed E-state index contributed by atoms with van der Waals surface area (Å²) >= 11 is 0. The Morgan fingerprint density at radius 3 is 2.16 bits per heavy atom. The van der Waals surface area contributed by atoms with Gasteiger partial charge in [-0.2, -0.15) is 0 Å². The molecule has 25 heavy (non-hydrogen) atoms. The summed E-state index contributed by atoms with van der Waals surface area (Å²) in [6, 6.07) is 6.08. The van der Waals surface area contributed by atoms with Crippen molar-refractivity contribution in [2.75, 3.05) is 5.32 Å². The average Bonchev–Trinajstić information content (AvgIpc) is 2.52. The van der Waals surface area contributed by atoms with Crippen molar-refractivity contribution >= 4 is 29.6 Å².